The Morgan fingerprint density at radius 1 is 1.21 bits per heavy atom. The third kappa shape index (κ3) is 4.01. The first kappa shape index (κ1) is 12.9. The molecule has 0 spiro atoms. The third-order valence-corrected chi connectivity index (χ3v) is 2.27. The molecule has 0 saturated carbocycles. The van der Waals surface area contributed by atoms with Crippen molar-refractivity contribution in [3.63, 3.8) is 0 Å². The first-order chi connectivity index (χ1) is 9.25. The topological polar surface area (TPSA) is 63.5 Å². The van der Waals surface area contributed by atoms with Gasteiger partial charge in [0, 0.05) is 5.69 Å². The first-order valence-corrected chi connectivity index (χ1v) is 5.71. The second-order valence-electron chi connectivity index (χ2n) is 3.76. The molecule has 98 valence electrons. The molecule has 5 nitrogen and oxygen atoms in total. The Kier molecular flexibility index (Phi) is 4.36. The molecular weight excluding hydrogens is 244 g/mol. The summed E-state index contributed by atoms with van der Waals surface area (Å²) < 4.78 is 5.11. The van der Waals surface area contributed by atoms with Gasteiger partial charge in [0.15, 0.2) is 12.4 Å². The highest BCUT2D eigenvalue weighted by molar-refractivity contribution is 5.91. The lowest BCUT2D eigenvalue weighted by Crippen LogP contribution is -2.23. The number of benzene rings is 1. The molecule has 0 unspecified atom stereocenters. The number of hydrogen-bond donors (Lipinski definition) is 2. The quantitative estimate of drug-likeness (QED) is 0.781. The van der Waals surface area contributed by atoms with Gasteiger partial charge in [-0.3, -0.25) is 15.1 Å². The van der Waals surface area contributed by atoms with Crippen molar-refractivity contribution in [2.75, 3.05) is 11.9 Å². The maximum absolute atomic E-state index is 11.6. The molecule has 0 radical (unpaired) electrons. The van der Waals surface area contributed by atoms with Crippen molar-refractivity contribution in [3.8, 4) is 0 Å². The Morgan fingerprint density at radius 3 is 2.68 bits per heavy atom. The molecule has 1 heterocycles. The van der Waals surface area contributed by atoms with Gasteiger partial charge in [0.05, 0.1) is 12.0 Å². The smallest absolute Gasteiger partial charge is 0.253 e. The average Bonchev–Trinajstić information content (AvgIpc) is 2.93. The van der Waals surface area contributed by atoms with E-state index in [0.717, 1.165) is 5.69 Å². The second kappa shape index (κ2) is 6.42. The molecule has 0 bridgehead atoms. The lowest BCUT2D eigenvalue weighted by molar-refractivity contribution is -0.122. The minimum Gasteiger partial charge on any atom is -0.463 e. The van der Waals surface area contributed by atoms with Crippen LogP contribution in [0.1, 0.15) is 5.76 Å². The van der Waals surface area contributed by atoms with Crippen LogP contribution in [0.5, 0.6) is 0 Å². The van der Waals surface area contributed by atoms with Gasteiger partial charge < -0.3 is 9.73 Å². The fourth-order valence-electron chi connectivity index (χ4n) is 1.41. The van der Waals surface area contributed by atoms with Gasteiger partial charge in [-0.1, -0.05) is 24.8 Å². The minimum absolute atomic E-state index is 0.130. The maximum Gasteiger partial charge on any atom is 0.253 e. The number of rotatable bonds is 6. The van der Waals surface area contributed by atoms with E-state index in [1.165, 1.54) is 6.26 Å². The van der Waals surface area contributed by atoms with Crippen LogP contribution in [0, 0.1) is 0 Å². The summed E-state index contributed by atoms with van der Waals surface area (Å²) in [6, 6.07) is 12.6. The van der Waals surface area contributed by atoms with Crippen molar-refractivity contribution < 1.29 is 14.0 Å². The van der Waals surface area contributed by atoms with E-state index < -0.39 is 0 Å². The van der Waals surface area contributed by atoms with Gasteiger partial charge in [-0.05, 0) is 24.3 Å². The lowest BCUT2D eigenvalue weighted by atomic mass is 10.3. The number of anilines is 1. The number of amides is 1. The highest BCUT2D eigenvalue weighted by Gasteiger charge is 2.04. The predicted octanol–water partition coefficient (Wildman–Crippen LogP) is 2.41. The molecule has 1 aromatic heterocycles. The Bertz CT molecular complexity index is 535. The summed E-state index contributed by atoms with van der Waals surface area (Å²) in [5.41, 5.74) is 3.73. The van der Waals surface area contributed by atoms with E-state index in [4.69, 9.17) is 9.25 Å². The fourth-order valence-corrected chi connectivity index (χ4v) is 1.41. The molecule has 0 aliphatic rings. The van der Waals surface area contributed by atoms with Gasteiger partial charge in [-0.25, -0.2) is 0 Å². The van der Waals surface area contributed by atoms with Crippen molar-refractivity contribution in [1.82, 2.24) is 5.48 Å². The Balaban J connectivity index is 1.71. The molecule has 19 heavy (non-hydrogen) atoms. The van der Waals surface area contributed by atoms with Gasteiger partial charge in [-0.2, -0.15) is 0 Å². The van der Waals surface area contributed by atoms with E-state index in [-0.39, 0.29) is 12.5 Å². The number of hydroxylamine groups is 1. The maximum atomic E-state index is 11.6. The summed E-state index contributed by atoms with van der Waals surface area (Å²) in [6.07, 6.45) is 1.53. The van der Waals surface area contributed by atoms with Crippen LogP contribution < -0.4 is 10.8 Å². The predicted molar refractivity (Wildman–Crippen MR) is 71.9 cm³/mol. The van der Waals surface area contributed by atoms with Crippen LogP contribution in [0.25, 0.3) is 5.70 Å². The van der Waals surface area contributed by atoms with Gasteiger partial charge in [0.25, 0.3) is 5.91 Å². The fraction of sp³-hybridized carbons (Fsp3) is 0.0714. The number of carbonyl (C=O) groups is 1. The molecule has 1 amide bonds. The van der Waals surface area contributed by atoms with Crippen LogP contribution in [-0.2, 0) is 9.63 Å². The van der Waals surface area contributed by atoms with Crippen LogP contribution in [0.15, 0.2) is 59.7 Å². The summed E-state index contributed by atoms with van der Waals surface area (Å²) in [7, 11) is 0. The Morgan fingerprint density at radius 2 is 2.00 bits per heavy atom. The minimum atomic E-state index is -0.258. The lowest BCUT2D eigenvalue weighted by Gasteiger charge is -2.08. The van der Waals surface area contributed by atoms with Gasteiger partial charge in [-0.15, -0.1) is 0 Å². The number of hydrogen-bond acceptors (Lipinski definition) is 4. The van der Waals surface area contributed by atoms with E-state index in [1.54, 1.807) is 24.3 Å². The summed E-state index contributed by atoms with van der Waals surface area (Å²) in [5, 5.41) is 2.69. The molecule has 0 fully saturated rings. The summed E-state index contributed by atoms with van der Waals surface area (Å²) >= 11 is 0. The summed E-state index contributed by atoms with van der Waals surface area (Å²) in [6.45, 7) is 3.59. The molecule has 2 N–H and O–H groups in total. The number of furan rings is 1. The van der Waals surface area contributed by atoms with Crippen LogP contribution in [0.2, 0.25) is 0 Å². The van der Waals surface area contributed by atoms with Crippen molar-refractivity contribution in [1.29, 1.82) is 0 Å². The van der Waals surface area contributed by atoms with E-state index in [9.17, 15) is 4.79 Å². The summed E-state index contributed by atoms with van der Waals surface area (Å²) in [5.74, 6) is 0.300. The van der Waals surface area contributed by atoms with Gasteiger partial charge >= 0.3 is 0 Å². The molecule has 0 saturated heterocycles. The number of para-hydroxylation sites is 1. The molecule has 1 aromatic carbocycles. The molecule has 2 rings (SSSR count). The molecule has 2 aromatic rings. The monoisotopic (exact) mass is 258 g/mol. The normalized spacial score (nSPS) is 9.89. The molecule has 0 atom stereocenters. The second-order valence-corrected chi connectivity index (χ2v) is 3.76. The number of nitrogens with one attached hydrogen (secondary N) is 2. The average molecular weight is 258 g/mol. The SMILES string of the molecule is C=C(NOCC(=O)Nc1ccccc1)c1ccco1. The van der Waals surface area contributed by atoms with Crippen molar-refractivity contribution in [3.05, 3.63) is 61.1 Å². The Labute approximate surface area is 110 Å². The standard InChI is InChI=1S/C14H14N2O3/c1-11(13-8-5-9-18-13)16-19-10-14(17)15-12-6-3-2-4-7-12/h2-9,16H,1,10H2,(H,15,17). The van der Waals surface area contributed by atoms with Crippen molar-refractivity contribution >= 4 is 17.3 Å². The molecule has 0 aliphatic heterocycles. The zero-order valence-corrected chi connectivity index (χ0v) is 10.3. The van der Waals surface area contributed by atoms with Crippen LogP contribution in [-0.4, -0.2) is 12.5 Å². The summed E-state index contributed by atoms with van der Waals surface area (Å²) in [4.78, 5) is 16.6. The van der Waals surface area contributed by atoms with Crippen molar-refractivity contribution in [2.45, 2.75) is 0 Å². The third-order valence-electron chi connectivity index (χ3n) is 2.27. The van der Waals surface area contributed by atoms with E-state index in [2.05, 4.69) is 17.4 Å². The van der Waals surface area contributed by atoms with E-state index >= 15 is 0 Å². The molecule has 0 aliphatic carbocycles. The van der Waals surface area contributed by atoms with Gasteiger partial charge in [0.1, 0.15) is 0 Å². The van der Waals surface area contributed by atoms with E-state index in [1.807, 2.05) is 18.2 Å². The molecular formula is C14H14N2O3. The van der Waals surface area contributed by atoms with Crippen LogP contribution in [0.4, 0.5) is 5.69 Å². The van der Waals surface area contributed by atoms with E-state index in [0.29, 0.717) is 11.5 Å². The van der Waals surface area contributed by atoms with Crippen molar-refractivity contribution in [2.24, 2.45) is 0 Å². The first-order valence-electron chi connectivity index (χ1n) is 5.71. The highest BCUT2D eigenvalue weighted by atomic mass is 16.6. The zero-order chi connectivity index (χ0) is 13.5. The largest absolute Gasteiger partial charge is 0.463 e. The Hall–Kier alpha value is -2.53. The van der Waals surface area contributed by atoms with Crippen LogP contribution >= 0.6 is 0 Å². The zero-order valence-electron chi connectivity index (χ0n) is 10.3. The highest BCUT2D eigenvalue weighted by Crippen LogP contribution is 2.09. The molecule has 5 heteroatoms. The van der Waals surface area contributed by atoms with Crippen LogP contribution in [0.3, 0.4) is 0 Å². The number of carbonyl (C=O) groups excluding carboxylic acids is 1. The van der Waals surface area contributed by atoms with Gasteiger partial charge in [0.2, 0.25) is 0 Å².